The molecule has 1 rings (SSSR count). The Balaban J connectivity index is 2.88. The fourth-order valence-corrected chi connectivity index (χ4v) is 1.40. The van der Waals surface area contributed by atoms with E-state index in [2.05, 4.69) is 10.3 Å². The van der Waals surface area contributed by atoms with Gasteiger partial charge in [-0.25, -0.2) is 4.98 Å². The summed E-state index contributed by atoms with van der Waals surface area (Å²) in [6.07, 6.45) is -4.32. The predicted octanol–water partition coefficient (Wildman–Crippen LogP) is 1.25. The summed E-state index contributed by atoms with van der Waals surface area (Å²) >= 11 is 0. The highest BCUT2D eigenvalue weighted by molar-refractivity contribution is 5.76. The van der Waals surface area contributed by atoms with Gasteiger partial charge in [0.15, 0.2) is 0 Å². The van der Waals surface area contributed by atoms with Gasteiger partial charge in [0, 0.05) is 27.1 Å². The number of amides is 1. The minimum absolute atomic E-state index is 0.0798. The lowest BCUT2D eigenvalue weighted by Gasteiger charge is -2.19. The minimum Gasteiger partial charge on any atom is -0.384 e. The Morgan fingerprint density at radius 3 is 2.63 bits per heavy atom. The van der Waals surface area contributed by atoms with Gasteiger partial charge in [-0.3, -0.25) is 4.79 Å². The van der Waals surface area contributed by atoms with Crippen molar-refractivity contribution in [3.63, 3.8) is 0 Å². The average Bonchev–Trinajstić information content (AvgIpc) is 2.33. The molecule has 1 aromatic rings. The molecule has 0 radical (unpaired) electrons. The van der Waals surface area contributed by atoms with E-state index in [1.807, 2.05) is 0 Å². The number of hydrogen-bond acceptors (Lipinski definition) is 4. The molecule has 3 N–H and O–H groups in total. The van der Waals surface area contributed by atoms with Crippen molar-refractivity contribution in [1.29, 1.82) is 0 Å². The van der Waals surface area contributed by atoms with Crippen LogP contribution in [0, 0.1) is 0 Å². The van der Waals surface area contributed by atoms with Crippen LogP contribution in [-0.2, 0) is 11.0 Å². The zero-order valence-corrected chi connectivity index (χ0v) is 10.6. The molecule has 1 aromatic heterocycles. The fraction of sp³-hybridized carbons (Fsp3) is 0.455. The highest BCUT2D eigenvalue weighted by atomic mass is 19.4. The standard InChI is InChI=1S/C11H15F3N4O/c1-16-10(19)3-4-18(2)9-6-7(11(12,13)14)5-8(15)17-9/h5-6H,3-4H2,1-2H3,(H2,15,17)(H,16,19). The SMILES string of the molecule is CNC(=O)CCN(C)c1cc(C(F)(F)F)cc(N)n1. The maximum atomic E-state index is 12.6. The molecule has 0 unspecified atom stereocenters. The number of nitrogens with zero attached hydrogens (tertiary/aromatic N) is 2. The second-order valence-corrected chi connectivity index (χ2v) is 3.98. The van der Waals surface area contributed by atoms with E-state index in [1.54, 1.807) is 7.05 Å². The molecule has 0 aliphatic heterocycles. The fourth-order valence-electron chi connectivity index (χ4n) is 1.40. The Bertz CT molecular complexity index is 462. The summed E-state index contributed by atoms with van der Waals surface area (Å²) in [5, 5.41) is 2.43. The summed E-state index contributed by atoms with van der Waals surface area (Å²) in [7, 11) is 3.04. The molecule has 0 aliphatic rings. The van der Waals surface area contributed by atoms with Crippen molar-refractivity contribution < 1.29 is 18.0 Å². The number of halogens is 3. The maximum absolute atomic E-state index is 12.6. The van der Waals surface area contributed by atoms with E-state index in [1.165, 1.54) is 11.9 Å². The largest absolute Gasteiger partial charge is 0.416 e. The third-order valence-corrected chi connectivity index (χ3v) is 2.50. The van der Waals surface area contributed by atoms with E-state index in [-0.39, 0.29) is 30.5 Å². The molecule has 0 bridgehead atoms. The van der Waals surface area contributed by atoms with Crippen LogP contribution < -0.4 is 16.0 Å². The molecule has 19 heavy (non-hydrogen) atoms. The van der Waals surface area contributed by atoms with E-state index < -0.39 is 11.7 Å². The van der Waals surface area contributed by atoms with Gasteiger partial charge >= 0.3 is 6.18 Å². The number of pyridine rings is 1. The van der Waals surface area contributed by atoms with Crippen molar-refractivity contribution >= 4 is 17.5 Å². The molecule has 0 aliphatic carbocycles. The molecule has 5 nitrogen and oxygen atoms in total. The number of alkyl halides is 3. The topological polar surface area (TPSA) is 71.2 Å². The van der Waals surface area contributed by atoms with E-state index in [9.17, 15) is 18.0 Å². The van der Waals surface area contributed by atoms with Crippen LogP contribution in [0.3, 0.4) is 0 Å². The summed E-state index contributed by atoms with van der Waals surface area (Å²) in [5.74, 6) is -0.334. The van der Waals surface area contributed by atoms with Crippen molar-refractivity contribution in [3.05, 3.63) is 17.7 Å². The molecule has 0 saturated heterocycles. The number of aromatic nitrogens is 1. The number of anilines is 2. The molecule has 0 fully saturated rings. The number of nitrogen functional groups attached to an aromatic ring is 1. The zero-order chi connectivity index (χ0) is 14.6. The number of hydrogen-bond donors (Lipinski definition) is 2. The van der Waals surface area contributed by atoms with Gasteiger partial charge in [-0.1, -0.05) is 0 Å². The van der Waals surface area contributed by atoms with Crippen LogP contribution >= 0.6 is 0 Å². The highest BCUT2D eigenvalue weighted by Crippen LogP contribution is 2.32. The quantitative estimate of drug-likeness (QED) is 0.868. The van der Waals surface area contributed by atoms with E-state index in [4.69, 9.17) is 5.73 Å². The van der Waals surface area contributed by atoms with Crippen LogP contribution in [0.25, 0.3) is 0 Å². The molecule has 0 spiro atoms. The van der Waals surface area contributed by atoms with Crippen molar-refractivity contribution in [1.82, 2.24) is 10.3 Å². The van der Waals surface area contributed by atoms with Crippen LogP contribution in [0.4, 0.5) is 24.8 Å². The lowest BCUT2D eigenvalue weighted by molar-refractivity contribution is -0.137. The van der Waals surface area contributed by atoms with Gasteiger partial charge in [0.2, 0.25) is 5.91 Å². The van der Waals surface area contributed by atoms with Crippen LogP contribution in [0.1, 0.15) is 12.0 Å². The first-order valence-corrected chi connectivity index (χ1v) is 5.50. The molecule has 1 amide bonds. The van der Waals surface area contributed by atoms with E-state index >= 15 is 0 Å². The number of nitrogens with one attached hydrogen (secondary N) is 1. The first-order chi connectivity index (χ1) is 8.74. The second-order valence-electron chi connectivity index (χ2n) is 3.98. The first-order valence-electron chi connectivity index (χ1n) is 5.50. The van der Waals surface area contributed by atoms with E-state index in [0.29, 0.717) is 0 Å². The molecule has 106 valence electrons. The van der Waals surface area contributed by atoms with Gasteiger partial charge in [0.25, 0.3) is 0 Å². The molecular weight excluding hydrogens is 261 g/mol. The normalized spacial score (nSPS) is 11.2. The van der Waals surface area contributed by atoms with Gasteiger partial charge in [-0.2, -0.15) is 13.2 Å². The maximum Gasteiger partial charge on any atom is 0.416 e. The summed E-state index contributed by atoms with van der Waals surface area (Å²) in [5.41, 5.74) is 4.50. The highest BCUT2D eigenvalue weighted by Gasteiger charge is 2.31. The molecule has 1 heterocycles. The Morgan fingerprint density at radius 2 is 2.11 bits per heavy atom. The van der Waals surface area contributed by atoms with Gasteiger partial charge in [0.05, 0.1) is 5.56 Å². The third kappa shape index (κ3) is 4.31. The second kappa shape index (κ2) is 5.77. The average molecular weight is 276 g/mol. The molecule has 8 heteroatoms. The van der Waals surface area contributed by atoms with Gasteiger partial charge in [-0.05, 0) is 12.1 Å². The van der Waals surface area contributed by atoms with Crippen LogP contribution in [0.5, 0.6) is 0 Å². The number of carbonyl (C=O) groups excluding carboxylic acids is 1. The predicted molar refractivity (Wildman–Crippen MR) is 65.6 cm³/mol. The van der Waals surface area contributed by atoms with Crippen molar-refractivity contribution in [2.45, 2.75) is 12.6 Å². The third-order valence-electron chi connectivity index (χ3n) is 2.50. The number of rotatable bonds is 4. The minimum atomic E-state index is -4.48. The lowest BCUT2D eigenvalue weighted by atomic mass is 10.2. The molecule has 0 saturated carbocycles. The molecular formula is C11H15F3N4O. The lowest BCUT2D eigenvalue weighted by Crippen LogP contribution is -2.27. The monoisotopic (exact) mass is 276 g/mol. The summed E-state index contributed by atoms with van der Waals surface area (Å²) in [6.45, 7) is 0.243. The molecule has 0 aromatic carbocycles. The zero-order valence-electron chi connectivity index (χ0n) is 10.6. The smallest absolute Gasteiger partial charge is 0.384 e. The molecule has 0 atom stereocenters. The van der Waals surface area contributed by atoms with Crippen LogP contribution in [-0.4, -0.2) is 31.5 Å². The first kappa shape index (κ1) is 15.1. The van der Waals surface area contributed by atoms with E-state index in [0.717, 1.165) is 12.1 Å². The number of nitrogens with two attached hydrogens (primary N) is 1. The Morgan fingerprint density at radius 1 is 1.47 bits per heavy atom. The van der Waals surface area contributed by atoms with Crippen molar-refractivity contribution in [2.24, 2.45) is 0 Å². The summed E-state index contributed by atoms with van der Waals surface area (Å²) in [4.78, 5) is 16.3. The van der Waals surface area contributed by atoms with Crippen molar-refractivity contribution in [2.75, 3.05) is 31.3 Å². The van der Waals surface area contributed by atoms with Crippen LogP contribution in [0.2, 0.25) is 0 Å². The Hall–Kier alpha value is -1.99. The summed E-state index contributed by atoms with van der Waals surface area (Å²) in [6, 6.07) is 1.68. The van der Waals surface area contributed by atoms with Crippen molar-refractivity contribution in [3.8, 4) is 0 Å². The van der Waals surface area contributed by atoms with Crippen LogP contribution in [0.15, 0.2) is 12.1 Å². The Labute approximate surface area is 108 Å². The Kier molecular flexibility index (Phi) is 4.57. The van der Waals surface area contributed by atoms with Gasteiger partial charge < -0.3 is 16.0 Å². The summed E-state index contributed by atoms with van der Waals surface area (Å²) < 4.78 is 37.8. The van der Waals surface area contributed by atoms with Gasteiger partial charge in [0.1, 0.15) is 11.6 Å². The number of carbonyl (C=O) groups is 1. The van der Waals surface area contributed by atoms with Gasteiger partial charge in [-0.15, -0.1) is 0 Å².